The van der Waals surface area contributed by atoms with E-state index < -0.39 is 23.6 Å². The maximum atomic E-state index is 13.0. The molecule has 2 aromatic rings. The Hall–Kier alpha value is -3.63. The lowest BCUT2D eigenvalue weighted by Crippen LogP contribution is -2.42. The molecule has 0 radical (unpaired) electrons. The van der Waals surface area contributed by atoms with Crippen LogP contribution in [0.25, 0.3) is 17.6 Å². The van der Waals surface area contributed by atoms with Crippen molar-refractivity contribution in [1.82, 2.24) is 25.2 Å². The van der Waals surface area contributed by atoms with Gasteiger partial charge in [0.15, 0.2) is 5.82 Å². The van der Waals surface area contributed by atoms with E-state index in [0.717, 1.165) is 23.2 Å². The summed E-state index contributed by atoms with van der Waals surface area (Å²) in [6.45, 7) is 3.85. The number of hydrogen-bond acceptors (Lipinski definition) is 5. The Balaban J connectivity index is 1.66. The topological polar surface area (TPSA) is 89.4 Å². The van der Waals surface area contributed by atoms with Gasteiger partial charge in [0, 0.05) is 23.9 Å². The highest BCUT2D eigenvalue weighted by atomic mass is 19.4. The molecule has 1 N–H and O–H groups in total. The van der Waals surface area contributed by atoms with Gasteiger partial charge in [-0.3, -0.25) is 15.0 Å². The average molecular weight is 421 g/mol. The Morgan fingerprint density at radius 3 is 2.80 bits per heavy atom. The molecule has 0 spiro atoms. The van der Waals surface area contributed by atoms with Crippen molar-refractivity contribution < 1.29 is 27.5 Å². The minimum Gasteiger partial charge on any atom is -0.496 e. The van der Waals surface area contributed by atoms with E-state index in [1.54, 1.807) is 13.8 Å². The SMILES string of the molecule is CCOC1=CC(=O)N(NC(=O)/C=C\n2cnc(-c3cc(C)cc(C(F)(F)F)c3)n2)C1. The Kier molecular flexibility index (Phi) is 5.90. The largest absolute Gasteiger partial charge is 0.496 e. The summed E-state index contributed by atoms with van der Waals surface area (Å²) in [5.74, 6) is -0.483. The second kappa shape index (κ2) is 8.39. The van der Waals surface area contributed by atoms with Gasteiger partial charge in [-0.05, 0) is 37.6 Å². The van der Waals surface area contributed by atoms with Crippen LogP contribution in [0.15, 0.2) is 42.4 Å². The first-order valence-corrected chi connectivity index (χ1v) is 8.90. The molecule has 0 fully saturated rings. The number of rotatable bonds is 6. The molecule has 30 heavy (non-hydrogen) atoms. The fraction of sp³-hybridized carbons (Fsp3) is 0.263. The summed E-state index contributed by atoms with van der Waals surface area (Å²) in [6, 6.07) is 3.54. The first-order valence-electron chi connectivity index (χ1n) is 8.90. The molecule has 158 valence electrons. The number of benzene rings is 1. The van der Waals surface area contributed by atoms with Gasteiger partial charge in [-0.15, -0.1) is 5.10 Å². The number of alkyl halides is 3. The van der Waals surface area contributed by atoms with Crippen LogP contribution < -0.4 is 5.43 Å². The molecular formula is C19H18F3N5O3. The monoisotopic (exact) mass is 421 g/mol. The van der Waals surface area contributed by atoms with Gasteiger partial charge in [0.2, 0.25) is 0 Å². The quantitative estimate of drug-likeness (QED) is 0.724. The zero-order chi connectivity index (χ0) is 21.9. The van der Waals surface area contributed by atoms with E-state index in [0.29, 0.717) is 17.9 Å². The van der Waals surface area contributed by atoms with Crippen LogP contribution >= 0.6 is 0 Å². The van der Waals surface area contributed by atoms with Crippen LogP contribution in [0.2, 0.25) is 0 Å². The van der Waals surface area contributed by atoms with Gasteiger partial charge < -0.3 is 4.74 Å². The van der Waals surface area contributed by atoms with Gasteiger partial charge in [-0.2, -0.15) is 13.2 Å². The van der Waals surface area contributed by atoms with Crippen molar-refractivity contribution in [2.75, 3.05) is 13.2 Å². The van der Waals surface area contributed by atoms with E-state index in [9.17, 15) is 22.8 Å². The zero-order valence-corrected chi connectivity index (χ0v) is 16.1. The standard InChI is InChI=1S/C19H18F3N5O3/c1-3-30-15-9-17(29)27(10-15)24-16(28)4-5-26-11-23-18(25-26)13-6-12(2)7-14(8-13)19(20,21)22/h4-9,11H,3,10H2,1-2H3,(H,24,28)/b5-4-. The molecule has 1 aliphatic heterocycles. The van der Waals surface area contributed by atoms with Crippen LogP contribution in [0.3, 0.4) is 0 Å². The molecular weight excluding hydrogens is 403 g/mol. The molecule has 0 aliphatic carbocycles. The first-order chi connectivity index (χ1) is 14.2. The molecule has 2 heterocycles. The zero-order valence-electron chi connectivity index (χ0n) is 16.1. The highest BCUT2D eigenvalue weighted by molar-refractivity contribution is 5.95. The number of aromatic nitrogens is 3. The van der Waals surface area contributed by atoms with Crippen molar-refractivity contribution in [2.45, 2.75) is 20.0 Å². The third-order valence-corrected chi connectivity index (χ3v) is 3.99. The fourth-order valence-corrected chi connectivity index (χ4v) is 2.73. The predicted octanol–water partition coefficient (Wildman–Crippen LogP) is 2.54. The number of carbonyl (C=O) groups excluding carboxylic acids is 2. The van der Waals surface area contributed by atoms with Crippen molar-refractivity contribution in [3.8, 4) is 11.4 Å². The molecule has 0 unspecified atom stereocenters. The summed E-state index contributed by atoms with van der Waals surface area (Å²) < 4.78 is 45.4. The van der Waals surface area contributed by atoms with Gasteiger partial charge in [0.25, 0.3) is 11.8 Å². The minimum absolute atomic E-state index is 0.0783. The number of nitrogens with zero attached hydrogens (tertiary/aromatic N) is 4. The summed E-state index contributed by atoms with van der Waals surface area (Å²) >= 11 is 0. The molecule has 11 heteroatoms. The lowest BCUT2D eigenvalue weighted by atomic mass is 10.1. The summed E-state index contributed by atoms with van der Waals surface area (Å²) in [5, 5.41) is 5.15. The molecule has 0 bridgehead atoms. The van der Waals surface area contributed by atoms with Crippen molar-refractivity contribution in [2.24, 2.45) is 0 Å². The highest BCUT2D eigenvalue weighted by Gasteiger charge is 2.31. The van der Waals surface area contributed by atoms with Crippen LogP contribution in [-0.2, 0) is 20.5 Å². The Morgan fingerprint density at radius 2 is 2.10 bits per heavy atom. The van der Waals surface area contributed by atoms with Crippen molar-refractivity contribution in [3.05, 3.63) is 53.6 Å². The van der Waals surface area contributed by atoms with Crippen molar-refractivity contribution in [3.63, 3.8) is 0 Å². The molecule has 1 aromatic heterocycles. The van der Waals surface area contributed by atoms with Crippen LogP contribution in [0, 0.1) is 6.92 Å². The molecule has 0 atom stereocenters. The Labute approximate surface area is 169 Å². The predicted molar refractivity (Wildman–Crippen MR) is 100 cm³/mol. The molecule has 0 saturated heterocycles. The van der Waals surface area contributed by atoms with Crippen LogP contribution in [0.4, 0.5) is 13.2 Å². The van der Waals surface area contributed by atoms with E-state index in [1.165, 1.54) is 29.4 Å². The molecule has 3 rings (SSSR count). The van der Waals surface area contributed by atoms with Crippen LogP contribution in [0.5, 0.6) is 0 Å². The van der Waals surface area contributed by atoms with Crippen molar-refractivity contribution >= 4 is 18.0 Å². The Morgan fingerprint density at radius 1 is 1.33 bits per heavy atom. The van der Waals surface area contributed by atoms with Gasteiger partial charge >= 0.3 is 6.18 Å². The third-order valence-electron chi connectivity index (χ3n) is 3.99. The number of hydrogen-bond donors (Lipinski definition) is 1. The minimum atomic E-state index is -4.48. The average Bonchev–Trinajstić information content (AvgIpc) is 3.26. The normalized spacial score (nSPS) is 14.4. The van der Waals surface area contributed by atoms with E-state index in [4.69, 9.17) is 4.74 Å². The van der Waals surface area contributed by atoms with E-state index >= 15 is 0 Å². The molecule has 2 amide bonds. The fourth-order valence-electron chi connectivity index (χ4n) is 2.73. The number of aryl methyl sites for hydroxylation is 1. The second-order valence-electron chi connectivity index (χ2n) is 6.39. The number of halogens is 3. The van der Waals surface area contributed by atoms with Crippen LogP contribution in [-0.4, -0.2) is 44.7 Å². The van der Waals surface area contributed by atoms with Gasteiger partial charge in [-0.25, -0.2) is 14.7 Å². The summed E-state index contributed by atoms with van der Waals surface area (Å²) in [7, 11) is 0. The number of ether oxygens (including phenoxy) is 1. The summed E-state index contributed by atoms with van der Waals surface area (Å²) in [6.07, 6.45) is 0.440. The molecule has 8 nitrogen and oxygen atoms in total. The maximum absolute atomic E-state index is 13.0. The number of hydrazine groups is 1. The maximum Gasteiger partial charge on any atom is 0.416 e. The van der Waals surface area contributed by atoms with Crippen LogP contribution in [0.1, 0.15) is 18.1 Å². The van der Waals surface area contributed by atoms with Gasteiger partial charge in [0.1, 0.15) is 18.6 Å². The van der Waals surface area contributed by atoms with Crippen molar-refractivity contribution in [1.29, 1.82) is 0 Å². The summed E-state index contributed by atoms with van der Waals surface area (Å²) in [4.78, 5) is 27.8. The number of carbonyl (C=O) groups is 2. The highest BCUT2D eigenvalue weighted by Crippen LogP contribution is 2.32. The third kappa shape index (κ3) is 5.04. The molecule has 0 saturated carbocycles. The molecule has 1 aromatic carbocycles. The smallest absolute Gasteiger partial charge is 0.416 e. The Bertz CT molecular complexity index is 1030. The number of nitrogens with one attached hydrogen (secondary N) is 1. The van der Waals surface area contributed by atoms with E-state index in [-0.39, 0.29) is 17.9 Å². The second-order valence-corrected chi connectivity index (χ2v) is 6.39. The van der Waals surface area contributed by atoms with Gasteiger partial charge in [-0.1, -0.05) is 0 Å². The summed E-state index contributed by atoms with van der Waals surface area (Å²) in [5.41, 5.74) is 2.23. The molecule has 1 aliphatic rings. The first kappa shape index (κ1) is 21.1. The lowest BCUT2D eigenvalue weighted by Gasteiger charge is -2.16. The lowest BCUT2D eigenvalue weighted by molar-refractivity contribution is -0.137. The van der Waals surface area contributed by atoms with E-state index in [1.807, 2.05) is 0 Å². The van der Waals surface area contributed by atoms with E-state index in [2.05, 4.69) is 15.5 Å². The number of amides is 2. The van der Waals surface area contributed by atoms with Gasteiger partial charge in [0.05, 0.1) is 12.2 Å².